The van der Waals surface area contributed by atoms with Gasteiger partial charge in [0, 0.05) is 19.3 Å². The Morgan fingerprint density at radius 3 is 3.00 bits per heavy atom. The highest BCUT2D eigenvalue weighted by Gasteiger charge is 2.33. The lowest BCUT2D eigenvalue weighted by atomic mass is 10.3. The van der Waals surface area contributed by atoms with Gasteiger partial charge in [-0.05, 0) is 0 Å². The fourth-order valence-electron chi connectivity index (χ4n) is 1.17. The molecule has 0 atom stereocenters. The predicted molar refractivity (Wildman–Crippen MR) is 36.3 cm³/mol. The molecule has 1 fully saturated rings. The minimum Gasteiger partial charge on any atom is -0.387 e. The predicted octanol–water partition coefficient (Wildman–Crippen LogP) is -1.02. The van der Waals surface area contributed by atoms with Crippen molar-refractivity contribution < 1.29 is 9.59 Å². The van der Waals surface area contributed by atoms with Crippen LogP contribution >= 0.6 is 0 Å². The number of carbonyl (C=O) groups is 2. The van der Waals surface area contributed by atoms with Crippen LogP contribution in [0.15, 0.2) is 11.9 Å². The molecule has 0 spiro atoms. The molecule has 1 saturated heterocycles. The summed E-state index contributed by atoms with van der Waals surface area (Å²) in [5.74, 6) is -0.317. The van der Waals surface area contributed by atoms with Crippen LogP contribution in [0.4, 0.5) is 4.79 Å². The maximum Gasteiger partial charge on any atom is 0.329 e. The number of hydrogen-bond donors (Lipinski definition) is 2. The zero-order valence-corrected chi connectivity index (χ0v) is 5.76. The van der Waals surface area contributed by atoms with E-state index in [4.69, 9.17) is 0 Å². The lowest BCUT2D eigenvalue weighted by Crippen LogP contribution is -2.36. The molecule has 11 heavy (non-hydrogen) atoms. The third kappa shape index (κ3) is 0.772. The molecule has 0 aliphatic carbocycles. The SMILES string of the molecule is O=C1NC(=O)N2CCNC=C12. The highest BCUT2D eigenvalue weighted by atomic mass is 16.2. The molecule has 0 unspecified atom stereocenters. The summed E-state index contributed by atoms with van der Waals surface area (Å²) < 4.78 is 0. The topological polar surface area (TPSA) is 61.4 Å². The molecule has 5 nitrogen and oxygen atoms in total. The standard InChI is InChI=1S/C6H7N3O2/c10-5-4-3-7-1-2-9(4)6(11)8-5/h3,7H,1-2H2,(H,8,10,11). The van der Waals surface area contributed by atoms with Crippen LogP contribution in [0.2, 0.25) is 0 Å². The largest absolute Gasteiger partial charge is 0.387 e. The van der Waals surface area contributed by atoms with Crippen LogP contribution < -0.4 is 10.6 Å². The van der Waals surface area contributed by atoms with Gasteiger partial charge < -0.3 is 5.32 Å². The Morgan fingerprint density at radius 1 is 1.45 bits per heavy atom. The van der Waals surface area contributed by atoms with Gasteiger partial charge in [0.2, 0.25) is 0 Å². The van der Waals surface area contributed by atoms with Crippen LogP contribution in [0, 0.1) is 0 Å². The van der Waals surface area contributed by atoms with Gasteiger partial charge in [0.1, 0.15) is 5.70 Å². The van der Waals surface area contributed by atoms with Crippen molar-refractivity contribution >= 4 is 11.9 Å². The molecule has 2 heterocycles. The molecular formula is C6H7N3O2. The minimum atomic E-state index is -0.317. The van der Waals surface area contributed by atoms with Gasteiger partial charge in [-0.15, -0.1) is 0 Å². The van der Waals surface area contributed by atoms with Gasteiger partial charge in [-0.2, -0.15) is 0 Å². The van der Waals surface area contributed by atoms with E-state index in [-0.39, 0.29) is 11.9 Å². The molecule has 0 aromatic heterocycles. The van der Waals surface area contributed by atoms with Crippen LogP contribution in [0.5, 0.6) is 0 Å². The van der Waals surface area contributed by atoms with E-state index in [0.717, 1.165) is 0 Å². The second-order valence-corrected chi connectivity index (χ2v) is 2.39. The Hall–Kier alpha value is -1.52. The number of carbonyl (C=O) groups excluding carboxylic acids is 2. The van der Waals surface area contributed by atoms with Gasteiger partial charge in [-0.1, -0.05) is 0 Å². The quantitative estimate of drug-likeness (QED) is 0.438. The molecule has 2 rings (SSSR count). The molecule has 3 amide bonds. The van der Waals surface area contributed by atoms with E-state index in [1.807, 2.05) is 0 Å². The van der Waals surface area contributed by atoms with Crippen LogP contribution in [-0.4, -0.2) is 29.9 Å². The van der Waals surface area contributed by atoms with Gasteiger partial charge in [0.25, 0.3) is 5.91 Å². The lowest BCUT2D eigenvalue weighted by Gasteiger charge is -2.19. The van der Waals surface area contributed by atoms with Gasteiger partial charge >= 0.3 is 6.03 Å². The maximum absolute atomic E-state index is 10.9. The molecule has 0 bridgehead atoms. The van der Waals surface area contributed by atoms with E-state index in [0.29, 0.717) is 18.8 Å². The van der Waals surface area contributed by atoms with Crippen molar-refractivity contribution in [3.8, 4) is 0 Å². The van der Waals surface area contributed by atoms with E-state index in [2.05, 4.69) is 10.6 Å². The third-order valence-corrected chi connectivity index (χ3v) is 1.71. The summed E-state index contributed by atoms with van der Waals surface area (Å²) in [6.45, 7) is 1.26. The fraction of sp³-hybridized carbons (Fsp3) is 0.333. The van der Waals surface area contributed by atoms with Crippen LogP contribution in [-0.2, 0) is 4.79 Å². The average Bonchev–Trinajstić information content (AvgIpc) is 2.30. The molecule has 0 saturated carbocycles. The van der Waals surface area contributed by atoms with E-state index in [9.17, 15) is 9.59 Å². The number of fused-ring (bicyclic) bond motifs is 1. The average molecular weight is 153 g/mol. The summed E-state index contributed by atoms with van der Waals surface area (Å²) in [5, 5.41) is 5.09. The smallest absolute Gasteiger partial charge is 0.329 e. The number of hydrogen-bond acceptors (Lipinski definition) is 3. The number of rotatable bonds is 0. The zero-order valence-electron chi connectivity index (χ0n) is 5.76. The monoisotopic (exact) mass is 153 g/mol. The van der Waals surface area contributed by atoms with E-state index >= 15 is 0 Å². The van der Waals surface area contributed by atoms with Crippen molar-refractivity contribution in [2.45, 2.75) is 0 Å². The van der Waals surface area contributed by atoms with Crippen LogP contribution in [0.1, 0.15) is 0 Å². The van der Waals surface area contributed by atoms with E-state index < -0.39 is 0 Å². The number of urea groups is 1. The normalized spacial score (nSPS) is 22.2. The fourth-order valence-corrected chi connectivity index (χ4v) is 1.17. The molecule has 0 radical (unpaired) electrons. The number of nitrogens with zero attached hydrogens (tertiary/aromatic N) is 1. The molecule has 2 aliphatic heterocycles. The van der Waals surface area contributed by atoms with E-state index in [1.54, 1.807) is 6.20 Å². The number of imide groups is 1. The maximum atomic E-state index is 10.9. The highest BCUT2D eigenvalue weighted by molar-refractivity contribution is 6.11. The molecule has 2 aliphatic rings. The van der Waals surface area contributed by atoms with Crippen LogP contribution in [0.3, 0.4) is 0 Å². The second kappa shape index (κ2) is 1.98. The first kappa shape index (κ1) is 6.21. The van der Waals surface area contributed by atoms with Crippen molar-refractivity contribution in [2.75, 3.05) is 13.1 Å². The molecule has 58 valence electrons. The minimum absolute atomic E-state index is 0.317. The van der Waals surface area contributed by atoms with Crippen molar-refractivity contribution in [2.24, 2.45) is 0 Å². The van der Waals surface area contributed by atoms with Gasteiger partial charge in [0.05, 0.1) is 0 Å². The second-order valence-electron chi connectivity index (χ2n) is 2.39. The first-order valence-corrected chi connectivity index (χ1v) is 3.35. The summed E-state index contributed by atoms with van der Waals surface area (Å²) in [7, 11) is 0. The Kier molecular flexibility index (Phi) is 1.12. The van der Waals surface area contributed by atoms with Crippen molar-refractivity contribution in [3.05, 3.63) is 11.9 Å². The Bertz CT molecular complexity index is 259. The summed E-state index contributed by atoms with van der Waals surface area (Å²) in [6, 6.07) is -0.317. The van der Waals surface area contributed by atoms with Crippen molar-refractivity contribution in [3.63, 3.8) is 0 Å². The lowest BCUT2D eigenvalue weighted by molar-refractivity contribution is -0.116. The number of amides is 3. The zero-order chi connectivity index (χ0) is 7.84. The Labute approximate surface area is 63.0 Å². The molecule has 0 aromatic rings. The number of nitrogens with one attached hydrogen (secondary N) is 2. The summed E-state index contributed by atoms with van der Waals surface area (Å²) in [6.07, 6.45) is 1.56. The molecule has 0 aromatic carbocycles. The summed E-state index contributed by atoms with van der Waals surface area (Å²) in [4.78, 5) is 23.3. The highest BCUT2D eigenvalue weighted by Crippen LogP contribution is 2.12. The first-order chi connectivity index (χ1) is 5.29. The molecule has 5 heteroatoms. The summed E-state index contributed by atoms with van der Waals surface area (Å²) >= 11 is 0. The van der Waals surface area contributed by atoms with Gasteiger partial charge in [-0.25, -0.2) is 4.79 Å². The van der Waals surface area contributed by atoms with Crippen LogP contribution in [0.25, 0.3) is 0 Å². The first-order valence-electron chi connectivity index (χ1n) is 3.35. The molecular weight excluding hydrogens is 146 g/mol. The third-order valence-electron chi connectivity index (χ3n) is 1.71. The van der Waals surface area contributed by atoms with Crippen molar-refractivity contribution in [1.82, 2.24) is 15.5 Å². The van der Waals surface area contributed by atoms with E-state index in [1.165, 1.54) is 4.90 Å². The van der Waals surface area contributed by atoms with Gasteiger partial charge in [-0.3, -0.25) is 15.0 Å². The van der Waals surface area contributed by atoms with Gasteiger partial charge in [0.15, 0.2) is 0 Å². The molecule has 2 N–H and O–H groups in total. The Morgan fingerprint density at radius 2 is 2.27 bits per heavy atom. The van der Waals surface area contributed by atoms with Crippen molar-refractivity contribution in [1.29, 1.82) is 0 Å². The Balaban J connectivity index is 2.36. The summed E-state index contributed by atoms with van der Waals surface area (Å²) in [5.41, 5.74) is 0.418.